The van der Waals surface area contributed by atoms with Crippen LogP contribution in [-0.4, -0.2) is 59.7 Å². The van der Waals surface area contributed by atoms with E-state index in [-0.39, 0.29) is 5.75 Å². The van der Waals surface area contributed by atoms with Gasteiger partial charge in [-0.25, -0.2) is 4.39 Å². The number of benzene rings is 1. The number of anilines is 5. The van der Waals surface area contributed by atoms with Crippen molar-refractivity contribution in [3.05, 3.63) is 42.4 Å². The number of likely N-dealkylation sites (tertiary alicyclic amines) is 1. The maximum atomic E-state index is 14.1. The first-order valence-electron chi connectivity index (χ1n) is 10.7. The summed E-state index contributed by atoms with van der Waals surface area (Å²) in [6.07, 6.45) is 3.91. The van der Waals surface area contributed by atoms with Crippen LogP contribution in [0.25, 0.3) is 0 Å². The van der Waals surface area contributed by atoms with Gasteiger partial charge in [0.1, 0.15) is 0 Å². The second kappa shape index (κ2) is 9.82. The second-order valence-electron chi connectivity index (χ2n) is 7.66. The van der Waals surface area contributed by atoms with Crippen molar-refractivity contribution in [1.29, 1.82) is 0 Å². The van der Waals surface area contributed by atoms with Crippen LogP contribution in [0.3, 0.4) is 0 Å². The molecule has 1 saturated heterocycles. The molecule has 170 valence electrons. The average molecular weight is 442 g/mol. The Bertz CT molecular complexity index is 1030. The second-order valence-corrected chi connectivity index (χ2v) is 7.66. The molecule has 3 heterocycles. The Balaban J connectivity index is 1.59. The molecule has 32 heavy (non-hydrogen) atoms. The fourth-order valence-corrected chi connectivity index (χ4v) is 3.90. The summed E-state index contributed by atoms with van der Waals surface area (Å²) >= 11 is 0. The van der Waals surface area contributed by atoms with E-state index in [4.69, 9.17) is 9.15 Å². The van der Waals surface area contributed by atoms with Crippen molar-refractivity contribution in [1.82, 2.24) is 19.9 Å². The SMILES string of the molecule is CCN1CCCC1CN(C)c1nc(Nc2ccc(OC)c(F)c2)nc(Nc2ccco2)n1. The third kappa shape index (κ3) is 5.08. The molecule has 1 fully saturated rings. The maximum Gasteiger partial charge on any atom is 0.236 e. The molecule has 0 spiro atoms. The molecule has 4 rings (SSSR count). The van der Waals surface area contributed by atoms with Crippen LogP contribution < -0.4 is 20.3 Å². The Morgan fingerprint density at radius 3 is 2.72 bits per heavy atom. The van der Waals surface area contributed by atoms with Crippen LogP contribution in [0, 0.1) is 5.82 Å². The number of halogens is 1. The highest BCUT2D eigenvalue weighted by atomic mass is 19.1. The Hall–Kier alpha value is -3.40. The summed E-state index contributed by atoms with van der Waals surface area (Å²) in [6.45, 7) is 5.13. The van der Waals surface area contributed by atoms with Gasteiger partial charge in [0.15, 0.2) is 17.5 Å². The van der Waals surface area contributed by atoms with Gasteiger partial charge >= 0.3 is 0 Å². The minimum atomic E-state index is -0.473. The lowest BCUT2D eigenvalue weighted by Gasteiger charge is -2.28. The number of methoxy groups -OCH3 is 1. The van der Waals surface area contributed by atoms with Crippen molar-refractivity contribution in [2.75, 3.05) is 49.3 Å². The molecule has 3 aromatic rings. The van der Waals surface area contributed by atoms with Gasteiger partial charge in [0, 0.05) is 37.5 Å². The number of furan rings is 1. The molecule has 9 nitrogen and oxygen atoms in total. The van der Waals surface area contributed by atoms with E-state index in [2.05, 4.69) is 37.4 Å². The Morgan fingerprint density at radius 1 is 1.22 bits per heavy atom. The number of nitrogens with one attached hydrogen (secondary N) is 2. The minimum absolute atomic E-state index is 0.170. The van der Waals surface area contributed by atoms with Crippen molar-refractivity contribution in [3.8, 4) is 5.75 Å². The first-order chi connectivity index (χ1) is 15.6. The zero-order valence-electron chi connectivity index (χ0n) is 18.5. The minimum Gasteiger partial charge on any atom is -0.494 e. The summed E-state index contributed by atoms with van der Waals surface area (Å²) in [5.41, 5.74) is 0.500. The predicted molar refractivity (Wildman–Crippen MR) is 122 cm³/mol. The van der Waals surface area contributed by atoms with Gasteiger partial charge in [0.25, 0.3) is 0 Å². The highest BCUT2D eigenvalue weighted by Crippen LogP contribution is 2.25. The molecule has 0 bridgehead atoms. The molecule has 0 radical (unpaired) electrons. The van der Waals surface area contributed by atoms with Gasteiger partial charge in [-0.3, -0.25) is 10.2 Å². The Morgan fingerprint density at radius 2 is 2.03 bits per heavy atom. The normalized spacial score (nSPS) is 16.2. The molecule has 2 aromatic heterocycles. The predicted octanol–water partition coefficient (Wildman–Crippen LogP) is 4.02. The fraction of sp³-hybridized carbons (Fsp3) is 0.409. The molecule has 10 heteroatoms. The Labute approximate surface area is 186 Å². The molecule has 1 atom stereocenters. The molecule has 1 aromatic carbocycles. The largest absolute Gasteiger partial charge is 0.494 e. The van der Waals surface area contributed by atoms with Crippen molar-refractivity contribution in [2.24, 2.45) is 0 Å². The molecule has 0 amide bonds. The zero-order valence-corrected chi connectivity index (χ0v) is 18.5. The van der Waals surface area contributed by atoms with E-state index in [9.17, 15) is 4.39 Å². The number of nitrogens with zero attached hydrogens (tertiary/aromatic N) is 5. The van der Waals surface area contributed by atoms with Gasteiger partial charge in [0.05, 0.1) is 13.4 Å². The summed E-state index contributed by atoms with van der Waals surface area (Å²) < 4.78 is 24.5. The van der Waals surface area contributed by atoms with Crippen LogP contribution in [0.5, 0.6) is 5.75 Å². The van der Waals surface area contributed by atoms with E-state index in [0.717, 1.165) is 26.1 Å². The summed E-state index contributed by atoms with van der Waals surface area (Å²) in [4.78, 5) is 18.1. The lowest BCUT2D eigenvalue weighted by molar-refractivity contribution is 0.270. The number of aromatic nitrogens is 3. The number of rotatable bonds is 9. The van der Waals surface area contributed by atoms with Gasteiger partial charge in [0.2, 0.25) is 17.8 Å². The Kier molecular flexibility index (Phi) is 6.69. The van der Waals surface area contributed by atoms with Crippen molar-refractivity contribution >= 4 is 29.4 Å². The third-order valence-electron chi connectivity index (χ3n) is 5.52. The topological polar surface area (TPSA) is 91.6 Å². The molecule has 0 aliphatic carbocycles. The fourth-order valence-electron chi connectivity index (χ4n) is 3.90. The van der Waals surface area contributed by atoms with E-state index in [0.29, 0.717) is 35.5 Å². The molecule has 1 unspecified atom stereocenters. The smallest absolute Gasteiger partial charge is 0.236 e. The first kappa shape index (κ1) is 21.8. The number of likely N-dealkylation sites (N-methyl/N-ethyl adjacent to an activating group) is 2. The highest BCUT2D eigenvalue weighted by Gasteiger charge is 2.25. The lowest BCUT2D eigenvalue weighted by atomic mass is 10.2. The summed E-state index contributed by atoms with van der Waals surface area (Å²) in [6, 6.07) is 8.59. The molecule has 2 N–H and O–H groups in total. The van der Waals surface area contributed by atoms with Crippen LogP contribution in [0.2, 0.25) is 0 Å². The number of hydrogen-bond acceptors (Lipinski definition) is 9. The van der Waals surface area contributed by atoms with Crippen LogP contribution in [0.4, 0.5) is 33.8 Å². The van der Waals surface area contributed by atoms with Gasteiger partial charge in [-0.15, -0.1) is 0 Å². The zero-order chi connectivity index (χ0) is 22.5. The lowest BCUT2D eigenvalue weighted by Crippen LogP contribution is -2.39. The van der Waals surface area contributed by atoms with E-state index >= 15 is 0 Å². The monoisotopic (exact) mass is 441 g/mol. The van der Waals surface area contributed by atoms with E-state index in [1.807, 2.05) is 11.9 Å². The van der Waals surface area contributed by atoms with Gasteiger partial charge in [-0.2, -0.15) is 15.0 Å². The first-order valence-corrected chi connectivity index (χ1v) is 10.7. The van der Waals surface area contributed by atoms with E-state index in [1.165, 1.54) is 19.6 Å². The van der Waals surface area contributed by atoms with Crippen LogP contribution >= 0.6 is 0 Å². The highest BCUT2D eigenvalue weighted by molar-refractivity contribution is 5.58. The summed E-state index contributed by atoms with van der Waals surface area (Å²) in [5, 5.41) is 6.11. The van der Waals surface area contributed by atoms with Crippen LogP contribution in [-0.2, 0) is 0 Å². The quantitative estimate of drug-likeness (QED) is 0.511. The molecular weight excluding hydrogens is 413 g/mol. The molecular formula is C22H28FN7O2. The number of ether oxygens (including phenoxy) is 1. The van der Waals surface area contributed by atoms with Crippen LogP contribution in [0.1, 0.15) is 19.8 Å². The molecule has 1 aliphatic rings. The average Bonchev–Trinajstić information content (AvgIpc) is 3.45. The van der Waals surface area contributed by atoms with Gasteiger partial charge < -0.3 is 19.4 Å². The number of hydrogen-bond donors (Lipinski definition) is 2. The van der Waals surface area contributed by atoms with Gasteiger partial charge in [-0.1, -0.05) is 6.92 Å². The maximum absolute atomic E-state index is 14.1. The third-order valence-corrected chi connectivity index (χ3v) is 5.52. The molecule has 1 aliphatic heterocycles. The van der Waals surface area contributed by atoms with E-state index in [1.54, 1.807) is 30.5 Å². The van der Waals surface area contributed by atoms with Crippen LogP contribution in [0.15, 0.2) is 41.0 Å². The van der Waals surface area contributed by atoms with Crippen molar-refractivity contribution in [3.63, 3.8) is 0 Å². The molecule has 0 saturated carbocycles. The standard InChI is InChI=1S/C22H28FN7O2/c1-4-30-11-5-7-16(30)14-29(2)22-27-20(24-15-9-10-18(31-3)17(23)13-15)26-21(28-22)25-19-8-6-12-32-19/h6,8-10,12-13,16H,4-5,7,11,14H2,1-3H3,(H2,24,25,26,27,28). The summed E-state index contributed by atoms with van der Waals surface area (Å²) in [5.74, 6) is 1.33. The van der Waals surface area contributed by atoms with Crippen molar-refractivity contribution in [2.45, 2.75) is 25.8 Å². The summed E-state index contributed by atoms with van der Waals surface area (Å²) in [7, 11) is 3.39. The van der Waals surface area contributed by atoms with Gasteiger partial charge in [-0.05, 0) is 44.1 Å². The van der Waals surface area contributed by atoms with Crippen molar-refractivity contribution < 1.29 is 13.5 Å². The van der Waals surface area contributed by atoms with E-state index < -0.39 is 5.82 Å².